The monoisotopic (exact) mass is 225 g/mol. The van der Waals surface area contributed by atoms with Gasteiger partial charge in [0.25, 0.3) is 0 Å². The van der Waals surface area contributed by atoms with E-state index >= 15 is 0 Å². The molecule has 2 nitrogen and oxygen atoms in total. The molecular formula is C12H19NOS. The standard InChI is InChI=1S/C12H19NOS/c1-10-8-13-6-5-12(10,14)4-2-11-3-7-15-9-11/h3,7,9-10,13-14H,2,4-6,8H2,1H3. The van der Waals surface area contributed by atoms with Crippen LogP contribution in [0.2, 0.25) is 0 Å². The highest BCUT2D eigenvalue weighted by Gasteiger charge is 2.35. The van der Waals surface area contributed by atoms with Gasteiger partial charge in [-0.3, -0.25) is 0 Å². The maximum atomic E-state index is 10.5. The molecule has 2 rings (SSSR count). The van der Waals surface area contributed by atoms with Crippen molar-refractivity contribution in [1.82, 2.24) is 5.32 Å². The third-order valence-electron chi connectivity index (χ3n) is 3.53. The Labute approximate surface area is 95.3 Å². The Morgan fingerprint density at radius 3 is 3.20 bits per heavy atom. The molecule has 0 aliphatic carbocycles. The molecule has 0 aromatic carbocycles. The predicted molar refractivity (Wildman–Crippen MR) is 64.2 cm³/mol. The summed E-state index contributed by atoms with van der Waals surface area (Å²) in [5.74, 6) is 0.366. The lowest BCUT2D eigenvalue weighted by Crippen LogP contribution is -2.49. The Hall–Kier alpha value is -0.380. The van der Waals surface area contributed by atoms with Gasteiger partial charge in [-0.25, -0.2) is 0 Å². The zero-order valence-corrected chi connectivity index (χ0v) is 10.0. The first-order valence-electron chi connectivity index (χ1n) is 5.65. The highest BCUT2D eigenvalue weighted by Crippen LogP contribution is 2.29. The average Bonchev–Trinajstić information content (AvgIpc) is 2.73. The van der Waals surface area contributed by atoms with Crippen molar-refractivity contribution in [3.63, 3.8) is 0 Å². The van der Waals surface area contributed by atoms with Crippen LogP contribution >= 0.6 is 11.3 Å². The summed E-state index contributed by atoms with van der Waals surface area (Å²) in [7, 11) is 0. The number of thiophene rings is 1. The Morgan fingerprint density at radius 1 is 1.67 bits per heavy atom. The SMILES string of the molecule is CC1CNCCC1(O)CCc1ccsc1. The van der Waals surface area contributed by atoms with E-state index in [-0.39, 0.29) is 0 Å². The van der Waals surface area contributed by atoms with Gasteiger partial charge < -0.3 is 10.4 Å². The van der Waals surface area contributed by atoms with E-state index in [0.29, 0.717) is 5.92 Å². The molecule has 15 heavy (non-hydrogen) atoms. The highest BCUT2D eigenvalue weighted by atomic mass is 32.1. The Kier molecular flexibility index (Phi) is 3.44. The molecule has 2 unspecified atom stereocenters. The van der Waals surface area contributed by atoms with Gasteiger partial charge in [0.05, 0.1) is 5.60 Å². The van der Waals surface area contributed by atoms with Crippen molar-refractivity contribution in [3.05, 3.63) is 22.4 Å². The first kappa shape index (κ1) is 11.1. The van der Waals surface area contributed by atoms with Gasteiger partial charge in [-0.1, -0.05) is 6.92 Å². The van der Waals surface area contributed by atoms with Crippen LogP contribution in [0.15, 0.2) is 16.8 Å². The van der Waals surface area contributed by atoms with Crippen LogP contribution in [-0.4, -0.2) is 23.8 Å². The van der Waals surface area contributed by atoms with Gasteiger partial charge in [-0.2, -0.15) is 11.3 Å². The maximum absolute atomic E-state index is 10.5. The molecule has 1 aromatic heterocycles. The fraction of sp³-hybridized carbons (Fsp3) is 0.667. The van der Waals surface area contributed by atoms with Crippen LogP contribution in [0.25, 0.3) is 0 Å². The maximum Gasteiger partial charge on any atom is 0.0700 e. The zero-order chi connectivity index (χ0) is 10.7. The molecule has 1 fully saturated rings. The molecule has 1 saturated heterocycles. The first-order valence-corrected chi connectivity index (χ1v) is 6.59. The molecule has 0 spiro atoms. The van der Waals surface area contributed by atoms with E-state index in [2.05, 4.69) is 29.1 Å². The molecular weight excluding hydrogens is 206 g/mol. The second-order valence-corrected chi connectivity index (χ2v) is 5.37. The van der Waals surface area contributed by atoms with Crippen LogP contribution < -0.4 is 5.32 Å². The largest absolute Gasteiger partial charge is 0.390 e. The highest BCUT2D eigenvalue weighted by molar-refractivity contribution is 7.07. The number of hydrogen-bond donors (Lipinski definition) is 2. The quantitative estimate of drug-likeness (QED) is 0.825. The first-order chi connectivity index (χ1) is 7.21. The molecule has 0 amide bonds. The second-order valence-electron chi connectivity index (χ2n) is 4.59. The van der Waals surface area contributed by atoms with E-state index in [1.807, 2.05) is 0 Å². The molecule has 2 heterocycles. The smallest absolute Gasteiger partial charge is 0.0700 e. The Bertz CT molecular complexity index is 299. The number of piperidine rings is 1. The van der Waals surface area contributed by atoms with Crippen LogP contribution in [-0.2, 0) is 6.42 Å². The van der Waals surface area contributed by atoms with Gasteiger partial charge in [0, 0.05) is 6.54 Å². The minimum atomic E-state index is -0.451. The third-order valence-corrected chi connectivity index (χ3v) is 4.26. The molecule has 1 aliphatic heterocycles. The molecule has 3 heteroatoms. The van der Waals surface area contributed by atoms with E-state index in [1.165, 1.54) is 5.56 Å². The summed E-state index contributed by atoms with van der Waals surface area (Å²) in [6, 6.07) is 2.15. The minimum Gasteiger partial charge on any atom is -0.390 e. The predicted octanol–water partition coefficient (Wildman–Crippen LogP) is 2.04. The lowest BCUT2D eigenvalue weighted by atomic mass is 9.79. The van der Waals surface area contributed by atoms with E-state index in [1.54, 1.807) is 11.3 Å². The number of hydrogen-bond acceptors (Lipinski definition) is 3. The van der Waals surface area contributed by atoms with Crippen molar-refractivity contribution in [3.8, 4) is 0 Å². The van der Waals surface area contributed by atoms with Crippen molar-refractivity contribution < 1.29 is 5.11 Å². The molecule has 84 valence electrons. The summed E-state index contributed by atoms with van der Waals surface area (Å²) >= 11 is 1.73. The molecule has 1 aliphatic rings. The lowest BCUT2D eigenvalue weighted by Gasteiger charge is -2.38. The van der Waals surface area contributed by atoms with Crippen molar-refractivity contribution in [2.75, 3.05) is 13.1 Å². The van der Waals surface area contributed by atoms with Crippen LogP contribution in [0.3, 0.4) is 0 Å². The summed E-state index contributed by atoms with van der Waals surface area (Å²) in [5, 5.41) is 18.1. The summed E-state index contributed by atoms with van der Waals surface area (Å²) in [5.41, 5.74) is 0.909. The zero-order valence-electron chi connectivity index (χ0n) is 9.20. The van der Waals surface area contributed by atoms with Gasteiger partial charge in [0.1, 0.15) is 0 Å². The second kappa shape index (κ2) is 4.64. The number of aliphatic hydroxyl groups is 1. The molecule has 0 bridgehead atoms. The lowest BCUT2D eigenvalue weighted by molar-refractivity contribution is -0.0401. The van der Waals surface area contributed by atoms with E-state index in [4.69, 9.17) is 0 Å². The molecule has 0 saturated carbocycles. The fourth-order valence-corrected chi connectivity index (χ4v) is 2.93. The topological polar surface area (TPSA) is 32.3 Å². The van der Waals surface area contributed by atoms with Gasteiger partial charge in [0.15, 0.2) is 0 Å². The molecule has 2 atom stereocenters. The van der Waals surface area contributed by atoms with Crippen LogP contribution in [0.4, 0.5) is 0 Å². The summed E-state index contributed by atoms with van der Waals surface area (Å²) < 4.78 is 0. The van der Waals surface area contributed by atoms with Crippen LogP contribution in [0.5, 0.6) is 0 Å². The Morgan fingerprint density at radius 2 is 2.53 bits per heavy atom. The average molecular weight is 225 g/mol. The van der Waals surface area contributed by atoms with Crippen molar-refractivity contribution >= 4 is 11.3 Å². The van der Waals surface area contributed by atoms with Crippen molar-refractivity contribution in [1.29, 1.82) is 0 Å². The Balaban J connectivity index is 1.91. The normalized spacial score (nSPS) is 31.7. The summed E-state index contributed by atoms with van der Waals surface area (Å²) in [6.07, 6.45) is 2.79. The van der Waals surface area contributed by atoms with Crippen LogP contribution in [0.1, 0.15) is 25.3 Å². The molecule has 1 aromatic rings. The van der Waals surface area contributed by atoms with Crippen LogP contribution in [0, 0.1) is 5.92 Å². The summed E-state index contributed by atoms with van der Waals surface area (Å²) in [4.78, 5) is 0. The van der Waals surface area contributed by atoms with Crippen molar-refractivity contribution in [2.24, 2.45) is 5.92 Å². The van der Waals surface area contributed by atoms with E-state index < -0.39 is 5.60 Å². The summed E-state index contributed by atoms with van der Waals surface area (Å²) in [6.45, 7) is 4.03. The van der Waals surface area contributed by atoms with Gasteiger partial charge in [-0.05, 0) is 54.1 Å². The van der Waals surface area contributed by atoms with E-state index in [0.717, 1.165) is 32.4 Å². The molecule has 2 N–H and O–H groups in total. The number of nitrogens with one attached hydrogen (secondary N) is 1. The van der Waals surface area contributed by atoms with Crippen molar-refractivity contribution in [2.45, 2.75) is 31.8 Å². The number of rotatable bonds is 3. The molecule has 0 radical (unpaired) electrons. The minimum absolute atomic E-state index is 0.366. The van der Waals surface area contributed by atoms with Gasteiger partial charge in [-0.15, -0.1) is 0 Å². The van der Waals surface area contributed by atoms with Gasteiger partial charge >= 0.3 is 0 Å². The van der Waals surface area contributed by atoms with E-state index in [9.17, 15) is 5.11 Å². The fourth-order valence-electron chi connectivity index (χ4n) is 2.23. The number of aryl methyl sites for hydroxylation is 1. The third kappa shape index (κ3) is 2.60. The van der Waals surface area contributed by atoms with Gasteiger partial charge in [0.2, 0.25) is 0 Å².